The van der Waals surface area contributed by atoms with Crippen molar-refractivity contribution in [2.75, 3.05) is 0 Å². The zero-order valence-electron chi connectivity index (χ0n) is 32.2. The first-order chi connectivity index (χ1) is 27.9. The van der Waals surface area contributed by atoms with E-state index in [0.717, 1.165) is 94.4 Å². The van der Waals surface area contributed by atoms with Crippen molar-refractivity contribution in [3.05, 3.63) is 182 Å². The summed E-state index contributed by atoms with van der Waals surface area (Å²) in [5, 5.41) is 4.61. The van der Waals surface area contributed by atoms with Gasteiger partial charge >= 0.3 is 21.1 Å². The van der Waals surface area contributed by atoms with Gasteiger partial charge in [-0.1, -0.05) is 147 Å². The predicted molar refractivity (Wildman–Crippen MR) is 235 cm³/mol. The van der Waals surface area contributed by atoms with Crippen LogP contribution in [-0.4, -0.2) is 19.1 Å². The fraction of sp³-hybridized carbons (Fsp3) is 0.0769. The average molecular weight is 927 g/mol. The van der Waals surface area contributed by atoms with Gasteiger partial charge in [-0.05, 0) is 80.2 Å². The molecule has 0 aliphatic carbocycles. The van der Waals surface area contributed by atoms with Gasteiger partial charge in [0, 0.05) is 23.0 Å². The molecule has 0 saturated carbocycles. The molecule has 0 aliphatic heterocycles. The average Bonchev–Trinajstić information content (AvgIpc) is 3.93. The van der Waals surface area contributed by atoms with Crippen LogP contribution in [0.3, 0.4) is 0 Å². The first-order valence-corrected chi connectivity index (χ1v) is 19.5. The Balaban J connectivity index is 0.00000408. The van der Waals surface area contributed by atoms with Crippen LogP contribution in [0.2, 0.25) is 0 Å². The predicted octanol–water partition coefficient (Wildman–Crippen LogP) is 12.9. The molecule has 280 valence electrons. The minimum atomic E-state index is -0.00794. The Morgan fingerprint density at radius 2 is 1.33 bits per heavy atom. The standard InChI is InChI=1S/C52H37N5.Pt/c1-52(2,3)35-25-29-43-42(32-35)48-37(33-15-6-4-7-16-33)27-28-41(50(48)54-43)51-55-49-38(20-14-22-45(49)56(51)36-17-8-5-9-18-36)34-24-26-40-39-19-10-11-21-44(39)57(46(40)31-34)47-23-12-13-30-53-47;/h4-30,32H,1-3H3;/q-2;+2. The number of hydrogen-bond acceptors (Lipinski definition) is 2. The number of nitrogens with zero attached hydrogens (tertiary/aromatic N) is 5. The zero-order chi connectivity index (χ0) is 38.3. The van der Waals surface area contributed by atoms with Crippen LogP contribution in [0.15, 0.2) is 170 Å². The maximum Gasteiger partial charge on any atom is 2.00 e. The third-order valence-electron chi connectivity index (χ3n) is 11.3. The van der Waals surface area contributed by atoms with Gasteiger partial charge in [0.1, 0.15) is 11.6 Å². The number of benzene rings is 7. The molecule has 0 bridgehead atoms. The number of para-hydroxylation sites is 3. The van der Waals surface area contributed by atoms with Gasteiger partial charge in [-0.25, -0.2) is 9.97 Å². The Labute approximate surface area is 350 Å². The van der Waals surface area contributed by atoms with Crippen LogP contribution in [0.25, 0.3) is 99.8 Å². The molecule has 0 amide bonds. The number of aromatic nitrogens is 5. The number of pyridine rings is 1. The van der Waals surface area contributed by atoms with E-state index in [1.165, 1.54) is 10.9 Å². The van der Waals surface area contributed by atoms with Crippen molar-refractivity contribution in [3.63, 3.8) is 0 Å². The maximum atomic E-state index is 5.60. The van der Waals surface area contributed by atoms with Crippen molar-refractivity contribution in [2.24, 2.45) is 0 Å². The fourth-order valence-corrected chi connectivity index (χ4v) is 8.55. The second-order valence-corrected chi connectivity index (χ2v) is 15.8. The molecule has 0 radical (unpaired) electrons. The van der Waals surface area contributed by atoms with E-state index in [1.807, 2.05) is 18.3 Å². The summed E-state index contributed by atoms with van der Waals surface area (Å²) >= 11 is 0. The number of hydrogen-bond donors (Lipinski definition) is 0. The Kier molecular flexibility index (Phi) is 8.54. The van der Waals surface area contributed by atoms with Crippen molar-refractivity contribution < 1.29 is 21.1 Å². The van der Waals surface area contributed by atoms with E-state index in [-0.39, 0.29) is 26.5 Å². The Morgan fingerprint density at radius 1 is 0.586 bits per heavy atom. The van der Waals surface area contributed by atoms with Gasteiger partial charge in [0.2, 0.25) is 0 Å². The minimum absolute atomic E-state index is 0. The molecule has 4 heterocycles. The molecule has 0 N–H and O–H groups in total. The molecule has 5 nitrogen and oxygen atoms in total. The normalized spacial score (nSPS) is 11.9. The van der Waals surface area contributed by atoms with Gasteiger partial charge in [0.15, 0.2) is 0 Å². The molecule has 11 rings (SSSR count). The van der Waals surface area contributed by atoms with Crippen LogP contribution in [0, 0.1) is 6.07 Å². The monoisotopic (exact) mass is 926 g/mol. The van der Waals surface area contributed by atoms with Gasteiger partial charge in [0.25, 0.3) is 0 Å². The molecule has 0 unspecified atom stereocenters. The summed E-state index contributed by atoms with van der Waals surface area (Å²) < 4.78 is 4.50. The molecule has 58 heavy (non-hydrogen) atoms. The molecule has 0 spiro atoms. The van der Waals surface area contributed by atoms with Crippen molar-refractivity contribution in [3.8, 4) is 45.1 Å². The smallest absolute Gasteiger partial charge is 0.656 e. The quantitative estimate of drug-likeness (QED) is 0.162. The van der Waals surface area contributed by atoms with Gasteiger partial charge in [-0.2, -0.15) is 0 Å². The molecule has 6 heteroatoms. The van der Waals surface area contributed by atoms with E-state index < -0.39 is 0 Å². The van der Waals surface area contributed by atoms with Gasteiger partial charge < -0.3 is 9.55 Å². The molecule has 4 aromatic heterocycles. The van der Waals surface area contributed by atoms with E-state index >= 15 is 0 Å². The second kappa shape index (κ2) is 13.8. The first kappa shape index (κ1) is 35.8. The van der Waals surface area contributed by atoms with E-state index in [1.54, 1.807) is 0 Å². The third-order valence-corrected chi connectivity index (χ3v) is 11.3. The summed E-state index contributed by atoms with van der Waals surface area (Å²) in [5.41, 5.74) is 13.5. The van der Waals surface area contributed by atoms with Crippen LogP contribution in [0.5, 0.6) is 0 Å². The van der Waals surface area contributed by atoms with Gasteiger partial charge in [-0.15, -0.1) is 34.8 Å². The number of imidazole rings is 1. The number of fused-ring (bicyclic) bond motifs is 7. The van der Waals surface area contributed by atoms with Crippen LogP contribution in [0.4, 0.5) is 0 Å². The van der Waals surface area contributed by atoms with Crippen LogP contribution >= 0.6 is 0 Å². The van der Waals surface area contributed by atoms with E-state index in [4.69, 9.17) is 15.0 Å². The summed E-state index contributed by atoms with van der Waals surface area (Å²) in [7, 11) is 0. The Morgan fingerprint density at radius 3 is 2.12 bits per heavy atom. The Bertz CT molecular complexity index is 3310. The molecule has 0 atom stereocenters. The largest absolute Gasteiger partial charge is 2.00 e. The van der Waals surface area contributed by atoms with E-state index in [9.17, 15) is 0 Å². The summed E-state index contributed by atoms with van der Waals surface area (Å²) in [6.45, 7) is 6.80. The Hall–Kier alpha value is -6.55. The summed E-state index contributed by atoms with van der Waals surface area (Å²) in [6.07, 6.45) is 1.84. The molecule has 11 aromatic rings. The van der Waals surface area contributed by atoms with Crippen LogP contribution in [-0.2, 0) is 26.5 Å². The van der Waals surface area contributed by atoms with Crippen LogP contribution in [0.1, 0.15) is 26.3 Å². The molecule has 0 saturated heterocycles. The summed E-state index contributed by atoms with van der Waals surface area (Å²) in [5.74, 6) is 1.70. The van der Waals surface area contributed by atoms with Crippen molar-refractivity contribution >= 4 is 54.6 Å². The first-order valence-electron chi connectivity index (χ1n) is 19.5. The zero-order valence-corrected chi connectivity index (χ0v) is 34.5. The van der Waals surface area contributed by atoms with Crippen molar-refractivity contribution in [1.82, 2.24) is 24.1 Å². The molecular formula is C52H37N5Pt. The topological polar surface area (TPSA) is 49.7 Å². The van der Waals surface area contributed by atoms with Crippen molar-refractivity contribution in [2.45, 2.75) is 26.2 Å². The molecule has 0 aliphatic rings. The SMILES string of the molecule is CC(C)(C)c1ccc2[n-]c3c(-c4nc5c(-c6[c-]c7c(cc6)c6ccccc6n7-c6ccccn6)cccc5n4-c4ccccc4)ccc(-c4ccccc4)c3c2c1.[Pt+2]. The van der Waals surface area contributed by atoms with E-state index in [2.05, 4.69) is 188 Å². The minimum Gasteiger partial charge on any atom is -0.656 e. The molecule has 7 aromatic carbocycles. The second-order valence-electron chi connectivity index (χ2n) is 15.8. The van der Waals surface area contributed by atoms with Gasteiger partial charge in [-0.3, -0.25) is 4.57 Å². The van der Waals surface area contributed by atoms with Crippen molar-refractivity contribution in [1.29, 1.82) is 0 Å². The maximum absolute atomic E-state index is 5.60. The molecule has 0 fully saturated rings. The third kappa shape index (κ3) is 5.64. The van der Waals surface area contributed by atoms with Crippen LogP contribution < -0.4 is 4.98 Å². The fourth-order valence-electron chi connectivity index (χ4n) is 8.55. The number of rotatable bonds is 5. The van der Waals surface area contributed by atoms with Gasteiger partial charge in [0.05, 0.1) is 11.0 Å². The summed E-state index contributed by atoms with van der Waals surface area (Å²) in [4.78, 5) is 15.8. The molecular weight excluding hydrogens is 890 g/mol. The summed E-state index contributed by atoms with van der Waals surface area (Å²) in [6, 6.07) is 61.7. The van der Waals surface area contributed by atoms with E-state index in [0.29, 0.717) is 0 Å².